The van der Waals surface area contributed by atoms with E-state index in [4.69, 9.17) is 4.74 Å². The summed E-state index contributed by atoms with van der Waals surface area (Å²) in [6.07, 6.45) is -0.0795. The molecule has 9 nitrogen and oxygen atoms in total. The number of benzene rings is 1. The summed E-state index contributed by atoms with van der Waals surface area (Å²) in [5, 5.41) is 4.06. The number of esters is 1. The topological polar surface area (TPSA) is 131 Å². The highest BCUT2D eigenvalue weighted by molar-refractivity contribution is 7.89. The first-order valence-electron chi connectivity index (χ1n) is 7.26. The number of hydrogen-bond donors (Lipinski definition) is 3. The van der Waals surface area contributed by atoms with Crippen LogP contribution < -0.4 is 15.4 Å². The third kappa shape index (κ3) is 5.63. The van der Waals surface area contributed by atoms with E-state index in [-0.39, 0.29) is 12.1 Å². The minimum absolute atomic E-state index is 0.132. The maximum atomic E-state index is 13.8. The van der Waals surface area contributed by atoms with Crippen molar-refractivity contribution in [1.29, 1.82) is 0 Å². The fraction of sp³-hybridized carbons (Fsp3) is 0.267. The van der Waals surface area contributed by atoms with Crippen LogP contribution in [-0.2, 0) is 19.6 Å². The lowest BCUT2D eigenvalue weighted by Crippen LogP contribution is -2.43. The average molecular weight is 387 g/mol. The molecule has 0 heterocycles. The Balaban J connectivity index is 2.97. The van der Waals surface area contributed by atoms with Gasteiger partial charge in [-0.1, -0.05) is 6.08 Å². The first kappa shape index (κ1) is 21.3. The Kier molecular flexibility index (Phi) is 7.41. The predicted octanol–water partition coefficient (Wildman–Crippen LogP) is 0.291. The molecule has 0 aliphatic rings. The van der Waals surface area contributed by atoms with Crippen LogP contribution in [0.4, 0.5) is 9.18 Å². The lowest BCUT2D eigenvalue weighted by molar-refractivity contribution is -0.127. The van der Waals surface area contributed by atoms with Crippen molar-refractivity contribution in [2.24, 2.45) is 0 Å². The van der Waals surface area contributed by atoms with E-state index >= 15 is 0 Å². The van der Waals surface area contributed by atoms with Crippen molar-refractivity contribution in [2.45, 2.75) is 17.9 Å². The van der Waals surface area contributed by atoms with E-state index in [0.29, 0.717) is 0 Å². The van der Waals surface area contributed by atoms with Crippen LogP contribution in [0.25, 0.3) is 0 Å². The predicted molar refractivity (Wildman–Crippen MR) is 89.3 cm³/mol. The molecule has 0 radical (unpaired) electrons. The third-order valence-corrected chi connectivity index (χ3v) is 4.43. The zero-order valence-electron chi connectivity index (χ0n) is 14.0. The van der Waals surface area contributed by atoms with E-state index in [1.807, 2.05) is 5.32 Å². The van der Waals surface area contributed by atoms with Crippen LogP contribution in [0.5, 0.6) is 0 Å². The molecule has 1 rings (SSSR count). The van der Waals surface area contributed by atoms with Crippen LogP contribution in [0.2, 0.25) is 0 Å². The Morgan fingerprint density at radius 3 is 2.58 bits per heavy atom. The van der Waals surface area contributed by atoms with E-state index in [2.05, 4.69) is 16.6 Å². The van der Waals surface area contributed by atoms with E-state index in [1.165, 1.54) is 20.0 Å². The molecule has 0 spiro atoms. The molecule has 0 bridgehead atoms. The minimum Gasteiger partial charge on any atom is -0.449 e. The zero-order chi connectivity index (χ0) is 19.9. The second-order valence-corrected chi connectivity index (χ2v) is 6.64. The molecule has 0 saturated heterocycles. The number of ether oxygens (including phenoxy) is 1. The average Bonchev–Trinajstić information content (AvgIpc) is 2.59. The van der Waals surface area contributed by atoms with Crippen LogP contribution in [0, 0.1) is 5.82 Å². The van der Waals surface area contributed by atoms with Gasteiger partial charge in [0.1, 0.15) is 10.7 Å². The van der Waals surface area contributed by atoms with Crippen LogP contribution in [-0.4, -0.2) is 46.0 Å². The molecule has 0 aliphatic heterocycles. The second kappa shape index (κ2) is 9.06. The summed E-state index contributed by atoms with van der Waals surface area (Å²) in [4.78, 5) is 34.0. The number of amides is 3. The number of imide groups is 1. The molecule has 0 fully saturated rings. The summed E-state index contributed by atoms with van der Waals surface area (Å²) in [5.41, 5.74) is -0.287. The number of carbonyl (C=O) groups excluding carboxylic acids is 3. The molecular formula is C15H18FN3O6S. The second-order valence-electron chi connectivity index (χ2n) is 4.90. The zero-order valence-corrected chi connectivity index (χ0v) is 14.9. The van der Waals surface area contributed by atoms with Gasteiger partial charge in [-0.3, -0.25) is 10.1 Å². The summed E-state index contributed by atoms with van der Waals surface area (Å²) in [6, 6.07) is 1.79. The van der Waals surface area contributed by atoms with Gasteiger partial charge in [-0.25, -0.2) is 27.1 Å². The van der Waals surface area contributed by atoms with E-state index < -0.39 is 44.7 Å². The smallest absolute Gasteiger partial charge is 0.338 e. The van der Waals surface area contributed by atoms with Gasteiger partial charge in [-0.2, -0.15) is 0 Å². The van der Waals surface area contributed by atoms with Crippen molar-refractivity contribution in [3.8, 4) is 0 Å². The number of urea groups is 1. The van der Waals surface area contributed by atoms with Crippen molar-refractivity contribution >= 4 is 27.9 Å². The molecule has 0 saturated carbocycles. The largest absolute Gasteiger partial charge is 0.449 e. The van der Waals surface area contributed by atoms with Gasteiger partial charge in [0.25, 0.3) is 5.91 Å². The van der Waals surface area contributed by atoms with Gasteiger partial charge in [-0.15, -0.1) is 6.58 Å². The third-order valence-electron chi connectivity index (χ3n) is 2.99. The Hall–Kier alpha value is -2.79. The summed E-state index contributed by atoms with van der Waals surface area (Å²) < 4.78 is 44.8. The van der Waals surface area contributed by atoms with E-state index in [9.17, 15) is 27.2 Å². The number of rotatable bonds is 7. The molecule has 26 heavy (non-hydrogen) atoms. The monoisotopic (exact) mass is 387 g/mol. The quantitative estimate of drug-likeness (QED) is 0.455. The molecule has 1 unspecified atom stereocenters. The molecule has 1 aromatic carbocycles. The van der Waals surface area contributed by atoms with Crippen molar-refractivity contribution in [3.05, 3.63) is 42.2 Å². The number of nitrogens with one attached hydrogen (secondary N) is 3. The fourth-order valence-electron chi connectivity index (χ4n) is 1.64. The van der Waals surface area contributed by atoms with Crippen molar-refractivity contribution < 1.29 is 31.9 Å². The van der Waals surface area contributed by atoms with Gasteiger partial charge < -0.3 is 10.1 Å². The Morgan fingerprint density at radius 1 is 1.35 bits per heavy atom. The van der Waals surface area contributed by atoms with Crippen molar-refractivity contribution in [1.82, 2.24) is 15.4 Å². The molecule has 11 heteroatoms. The van der Waals surface area contributed by atoms with Crippen LogP contribution in [0.3, 0.4) is 0 Å². The van der Waals surface area contributed by atoms with Gasteiger partial charge in [0, 0.05) is 13.6 Å². The molecule has 0 aliphatic carbocycles. The molecular weight excluding hydrogens is 369 g/mol. The first-order chi connectivity index (χ1) is 12.1. The lowest BCUT2D eigenvalue weighted by atomic mass is 10.2. The van der Waals surface area contributed by atoms with Crippen LogP contribution in [0.15, 0.2) is 35.7 Å². The van der Waals surface area contributed by atoms with Gasteiger partial charge in [0.05, 0.1) is 5.56 Å². The molecule has 3 N–H and O–H groups in total. The highest BCUT2D eigenvalue weighted by atomic mass is 32.2. The summed E-state index contributed by atoms with van der Waals surface area (Å²) in [7, 11) is -2.92. The molecule has 1 atom stereocenters. The Morgan fingerprint density at radius 2 is 2.00 bits per heavy atom. The molecule has 1 aromatic rings. The number of sulfonamides is 1. The van der Waals surface area contributed by atoms with Crippen molar-refractivity contribution in [3.63, 3.8) is 0 Å². The normalized spacial score (nSPS) is 12.0. The maximum absolute atomic E-state index is 13.8. The Bertz CT molecular complexity index is 825. The number of carbonyl (C=O) groups is 3. The number of halogens is 1. The summed E-state index contributed by atoms with van der Waals surface area (Å²) in [6.45, 7) is 4.42. The highest BCUT2D eigenvalue weighted by Gasteiger charge is 2.24. The SMILES string of the molecule is C=CCNS(=O)(=O)c1cc(C(=O)OC(C)C(=O)NC(=O)NC)ccc1F. The maximum Gasteiger partial charge on any atom is 0.338 e. The van der Waals surface area contributed by atoms with Gasteiger partial charge in [-0.05, 0) is 25.1 Å². The lowest BCUT2D eigenvalue weighted by Gasteiger charge is -2.13. The van der Waals surface area contributed by atoms with E-state index in [1.54, 1.807) is 0 Å². The van der Waals surface area contributed by atoms with Gasteiger partial charge >= 0.3 is 12.0 Å². The highest BCUT2D eigenvalue weighted by Crippen LogP contribution is 2.17. The van der Waals surface area contributed by atoms with E-state index in [0.717, 1.165) is 18.2 Å². The van der Waals surface area contributed by atoms with Gasteiger partial charge in [0.2, 0.25) is 10.0 Å². The fourth-order valence-corrected chi connectivity index (χ4v) is 2.74. The van der Waals surface area contributed by atoms with Crippen LogP contribution >= 0.6 is 0 Å². The number of hydrogen-bond acceptors (Lipinski definition) is 6. The first-order valence-corrected chi connectivity index (χ1v) is 8.74. The molecule has 3 amide bonds. The van der Waals surface area contributed by atoms with Crippen molar-refractivity contribution in [2.75, 3.05) is 13.6 Å². The standard InChI is InChI=1S/C15H18FN3O6S/c1-4-7-18-26(23,24)12-8-10(5-6-11(12)16)14(21)25-9(2)13(20)19-15(22)17-3/h4-6,8-9,18H,1,7H2,2-3H3,(H2,17,19,20,22). The van der Waals surface area contributed by atoms with Gasteiger partial charge in [0.15, 0.2) is 6.10 Å². The molecule has 142 valence electrons. The molecule has 0 aromatic heterocycles. The Labute approximate surface area is 149 Å². The minimum atomic E-state index is -4.21. The summed E-state index contributed by atoms with van der Waals surface area (Å²) >= 11 is 0. The summed E-state index contributed by atoms with van der Waals surface area (Å²) in [5.74, 6) is -3.02. The van der Waals surface area contributed by atoms with Crippen LogP contribution in [0.1, 0.15) is 17.3 Å².